The Balaban J connectivity index is 1.20. The predicted molar refractivity (Wildman–Crippen MR) is 157 cm³/mol. The molecule has 0 radical (unpaired) electrons. The molecule has 1 N–H and O–H groups in total. The van der Waals surface area contributed by atoms with Gasteiger partial charge in [-0.1, -0.05) is 44.2 Å². The molecule has 7 rings (SSSR count). The van der Waals surface area contributed by atoms with E-state index in [0.717, 1.165) is 41.8 Å². The summed E-state index contributed by atoms with van der Waals surface area (Å²) in [6, 6.07) is 9.97. The Hall–Kier alpha value is -2.45. The highest BCUT2D eigenvalue weighted by molar-refractivity contribution is 5.84. The van der Waals surface area contributed by atoms with Crippen LogP contribution in [0.5, 0.6) is 0 Å². The summed E-state index contributed by atoms with van der Waals surface area (Å²) in [6.07, 6.45) is 15.7. The first kappa shape index (κ1) is 26.4. The fourth-order valence-corrected chi connectivity index (χ4v) is 9.36. The van der Waals surface area contributed by atoms with Gasteiger partial charge in [-0.25, -0.2) is 4.98 Å². The van der Waals surface area contributed by atoms with E-state index in [1.807, 2.05) is 29.2 Å². The minimum absolute atomic E-state index is 0.0587. The average molecular weight is 548 g/mol. The van der Waals surface area contributed by atoms with Gasteiger partial charge in [0.2, 0.25) is 0 Å². The number of benzene rings is 1. The summed E-state index contributed by atoms with van der Waals surface area (Å²) in [7, 11) is 3.59. The lowest BCUT2D eigenvalue weighted by molar-refractivity contribution is -0.151. The van der Waals surface area contributed by atoms with E-state index >= 15 is 0 Å². The SMILES string of the molecule is CN(C)C1(C(=O)O)CN(c2nc3ccccc3n([C@H]3C[C@H]4CCC[C@@H](C3)N4C3CC4CCCCC(C4)C3)c2=O)C1. The van der Waals surface area contributed by atoms with Crippen molar-refractivity contribution in [2.75, 3.05) is 32.1 Å². The number of hydrogen-bond acceptors (Lipinski definition) is 6. The quantitative estimate of drug-likeness (QED) is 0.590. The monoisotopic (exact) mass is 547 g/mol. The Morgan fingerprint density at radius 2 is 1.52 bits per heavy atom. The van der Waals surface area contributed by atoms with Gasteiger partial charge in [0.25, 0.3) is 5.56 Å². The van der Waals surface area contributed by atoms with Crippen molar-refractivity contribution in [1.82, 2.24) is 19.4 Å². The molecule has 2 saturated carbocycles. The topological polar surface area (TPSA) is 81.9 Å². The van der Waals surface area contributed by atoms with Gasteiger partial charge < -0.3 is 14.6 Å². The Labute approximate surface area is 237 Å². The van der Waals surface area contributed by atoms with Crippen LogP contribution >= 0.6 is 0 Å². The molecule has 2 aliphatic carbocycles. The molecular weight excluding hydrogens is 502 g/mol. The van der Waals surface area contributed by atoms with Gasteiger partial charge in [-0.3, -0.25) is 19.4 Å². The summed E-state index contributed by atoms with van der Waals surface area (Å²) in [6.45, 7) is 0.535. The van der Waals surface area contributed by atoms with Crippen molar-refractivity contribution in [2.24, 2.45) is 11.8 Å². The van der Waals surface area contributed by atoms with Crippen LogP contribution in [0.15, 0.2) is 29.1 Å². The summed E-state index contributed by atoms with van der Waals surface area (Å²) in [4.78, 5) is 37.7. The molecule has 2 aromatic rings. The number of aliphatic carboxylic acids is 1. The fourth-order valence-electron chi connectivity index (χ4n) is 9.36. The number of carboxylic acid groups (broad SMARTS) is 1. The maximum absolute atomic E-state index is 14.2. The normalized spacial score (nSPS) is 33.9. The summed E-state index contributed by atoms with van der Waals surface area (Å²) in [5.74, 6) is 1.38. The first-order valence-corrected chi connectivity index (χ1v) is 15.8. The molecule has 3 saturated heterocycles. The number of hydrogen-bond donors (Lipinski definition) is 1. The van der Waals surface area contributed by atoms with Gasteiger partial charge in [0.15, 0.2) is 11.4 Å². The van der Waals surface area contributed by atoms with Gasteiger partial charge in [0.05, 0.1) is 24.1 Å². The summed E-state index contributed by atoms with van der Waals surface area (Å²) in [5.41, 5.74) is 0.689. The van der Waals surface area contributed by atoms with E-state index in [4.69, 9.17) is 4.98 Å². The van der Waals surface area contributed by atoms with Crippen LogP contribution in [0.4, 0.5) is 5.82 Å². The standard InChI is InChI=1S/C32H45N5O3/c1-34(2)32(31(39)40)19-35(20-32)29-30(38)37(28-13-6-5-12-27(28)33-29)26-17-23-10-7-11-24(18-26)36(23)25-15-21-8-3-4-9-22(14-21)16-25/h5-6,12-13,21-26H,3-4,7-11,14-20H2,1-2H3,(H,39,40)/t21?,22?,23-,24+,25?,26+. The number of carboxylic acids is 1. The number of aromatic nitrogens is 2. The number of para-hydroxylation sites is 2. The number of rotatable bonds is 5. The van der Waals surface area contributed by atoms with Crippen LogP contribution in [-0.4, -0.2) is 81.3 Å². The van der Waals surface area contributed by atoms with Crippen LogP contribution in [0.2, 0.25) is 0 Å². The van der Waals surface area contributed by atoms with Crippen molar-refractivity contribution in [3.05, 3.63) is 34.6 Å². The highest BCUT2D eigenvalue weighted by Gasteiger charge is 2.53. The van der Waals surface area contributed by atoms with Gasteiger partial charge in [0.1, 0.15) is 0 Å². The molecule has 5 atom stereocenters. The molecule has 2 unspecified atom stereocenters. The Kier molecular flexibility index (Phi) is 6.69. The van der Waals surface area contributed by atoms with Gasteiger partial charge >= 0.3 is 5.97 Å². The molecule has 5 aliphatic rings. The van der Waals surface area contributed by atoms with Crippen LogP contribution in [0.25, 0.3) is 11.0 Å². The second kappa shape index (κ2) is 10.1. The van der Waals surface area contributed by atoms with Crippen LogP contribution in [0, 0.1) is 11.8 Å². The summed E-state index contributed by atoms with van der Waals surface area (Å²) < 4.78 is 2.05. The lowest BCUT2D eigenvalue weighted by Gasteiger charge is -2.55. The summed E-state index contributed by atoms with van der Waals surface area (Å²) >= 11 is 0. The fraction of sp³-hybridized carbons (Fsp3) is 0.719. The van der Waals surface area contributed by atoms with E-state index in [1.54, 1.807) is 19.0 Å². The highest BCUT2D eigenvalue weighted by Crippen LogP contribution is 2.47. The average Bonchev–Trinajstić information content (AvgIpc) is 3.06. The van der Waals surface area contributed by atoms with Crippen molar-refractivity contribution in [3.8, 4) is 0 Å². The van der Waals surface area contributed by atoms with E-state index in [0.29, 0.717) is 17.9 Å². The zero-order valence-electron chi connectivity index (χ0n) is 24.2. The zero-order chi connectivity index (χ0) is 27.6. The van der Waals surface area contributed by atoms with E-state index in [-0.39, 0.29) is 24.7 Å². The van der Waals surface area contributed by atoms with E-state index in [9.17, 15) is 14.7 Å². The third-order valence-corrected chi connectivity index (χ3v) is 11.4. The molecule has 0 amide bonds. The number of nitrogens with zero attached hydrogens (tertiary/aromatic N) is 5. The number of likely N-dealkylation sites (N-methyl/N-ethyl adjacent to an activating group) is 1. The lowest BCUT2D eigenvalue weighted by Crippen LogP contribution is -2.73. The maximum atomic E-state index is 14.2. The third kappa shape index (κ3) is 4.28. The van der Waals surface area contributed by atoms with E-state index in [1.165, 1.54) is 64.2 Å². The van der Waals surface area contributed by atoms with Crippen molar-refractivity contribution in [3.63, 3.8) is 0 Å². The minimum Gasteiger partial charge on any atom is -0.480 e. The first-order valence-electron chi connectivity index (χ1n) is 15.8. The number of fused-ring (bicyclic) bond motifs is 5. The van der Waals surface area contributed by atoms with E-state index < -0.39 is 11.5 Å². The van der Waals surface area contributed by atoms with Crippen LogP contribution < -0.4 is 10.5 Å². The molecule has 8 heteroatoms. The van der Waals surface area contributed by atoms with Crippen LogP contribution in [0.3, 0.4) is 0 Å². The molecule has 40 heavy (non-hydrogen) atoms. The Bertz CT molecular complexity index is 1310. The molecule has 1 aromatic carbocycles. The molecule has 4 bridgehead atoms. The van der Waals surface area contributed by atoms with Gasteiger partial charge in [-0.05, 0) is 83.0 Å². The van der Waals surface area contributed by atoms with E-state index in [2.05, 4.69) is 9.47 Å². The van der Waals surface area contributed by atoms with Crippen molar-refractivity contribution >= 4 is 22.8 Å². The molecule has 5 fully saturated rings. The zero-order valence-corrected chi connectivity index (χ0v) is 24.2. The molecule has 4 heterocycles. The second-order valence-corrected chi connectivity index (χ2v) is 13.9. The lowest BCUT2D eigenvalue weighted by atomic mass is 9.73. The Morgan fingerprint density at radius 1 is 0.875 bits per heavy atom. The molecule has 0 spiro atoms. The van der Waals surface area contributed by atoms with Crippen molar-refractivity contribution in [2.45, 2.75) is 107 Å². The number of piperidine rings is 2. The molecule has 1 aromatic heterocycles. The van der Waals surface area contributed by atoms with Gasteiger partial charge in [-0.15, -0.1) is 0 Å². The maximum Gasteiger partial charge on any atom is 0.327 e. The van der Waals surface area contributed by atoms with Crippen LogP contribution in [0.1, 0.15) is 83.1 Å². The summed E-state index contributed by atoms with van der Waals surface area (Å²) in [5, 5.41) is 9.93. The highest BCUT2D eigenvalue weighted by atomic mass is 16.4. The Morgan fingerprint density at radius 3 is 2.15 bits per heavy atom. The molecule has 216 valence electrons. The largest absolute Gasteiger partial charge is 0.480 e. The molecule has 8 nitrogen and oxygen atoms in total. The van der Waals surface area contributed by atoms with Crippen molar-refractivity contribution in [1.29, 1.82) is 0 Å². The number of anilines is 1. The third-order valence-electron chi connectivity index (χ3n) is 11.4. The van der Waals surface area contributed by atoms with Gasteiger partial charge in [-0.2, -0.15) is 0 Å². The molecule has 3 aliphatic heterocycles. The predicted octanol–water partition coefficient (Wildman–Crippen LogP) is 4.52. The van der Waals surface area contributed by atoms with Crippen LogP contribution in [-0.2, 0) is 4.79 Å². The molecular formula is C32H45N5O3. The second-order valence-electron chi connectivity index (χ2n) is 13.9. The van der Waals surface area contributed by atoms with Crippen molar-refractivity contribution < 1.29 is 9.90 Å². The van der Waals surface area contributed by atoms with Gasteiger partial charge in [0, 0.05) is 24.2 Å². The first-order chi connectivity index (χ1) is 19.3. The minimum atomic E-state index is -0.982. The smallest absolute Gasteiger partial charge is 0.327 e. The number of carbonyl (C=O) groups is 1.